The van der Waals surface area contributed by atoms with Gasteiger partial charge in [0.25, 0.3) is 5.91 Å². The number of anilines is 1. The average molecular weight is 398 g/mol. The van der Waals surface area contributed by atoms with Gasteiger partial charge in [0.15, 0.2) is 5.13 Å². The highest BCUT2D eigenvalue weighted by Crippen LogP contribution is 2.32. The third-order valence-corrected chi connectivity index (χ3v) is 5.83. The van der Waals surface area contributed by atoms with Gasteiger partial charge in [0, 0.05) is 18.2 Å². The van der Waals surface area contributed by atoms with Crippen molar-refractivity contribution in [2.24, 2.45) is 0 Å². The van der Waals surface area contributed by atoms with Crippen LogP contribution >= 0.6 is 11.3 Å². The summed E-state index contributed by atoms with van der Waals surface area (Å²) in [5, 5.41) is 0.670. The van der Waals surface area contributed by atoms with Crippen molar-refractivity contribution in [2.75, 3.05) is 32.3 Å². The lowest BCUT2D eigenvalue weighted by atomic mass is 10.1. The van der Waals surface area contributed by atoms with Crippen LogP contribution in [-0.4, -0.2) is 44.4 Å². The Hall–Kier alpha value is -2.64. The maximum atomic E-state index is 13.5. The molecule has 0 aliphatic carbocycles. The number of fused-ring (bicyclic) bond motifs is 1. The highest BCUT2D eigenvalue weighted by atomic mass is 32.1. The number of benzene rings is 2. The lowest BCUT2D eigenvalue weighted by molar-refractivity contribution is 0.0917. The van der Waals surface area contributed by atoms with Crippen LogP contribution in [0.3, 0.4) is 0 Å². The number of carbonyl (C=O) groups excluding carboxylic acids is 1. The number of methoxy groups -OCH3 is 2. The molecule has 0 N–H and O–H groups in total. The molecule has 3 aromatic rings. The molecule has 1 fully saturated rings. The summed E-state index contributed by atoms with van der Waals surface area (Å²) < 4.78 is 17.5. The number of amides is 1. The van der Waals surface area contributed by atoms with Crippen molar-refractivity contribution < 1.29 is 19.0 Å². The first-order valence-corrected chi connectivity index (χ1v) is 10.0. The van der Waals surface area contributed by atoms with Crippen molar-refractivity contribution in [3.05, 3.63) is 48.0 Å². The molecule has 6 nitrogen and oxygen atoms in total. The first-order chi connectivity index (χ1) is 13.7. The second-order valence-corrected chi connectivity index (χ2v) is 7.63. The van der Waals surface area contributed by atoms with Crippen LogP contribution < -0.4 is 14.4 Å². The summed E-state index contributed by atoms with van der Waals surface area (Å²) in [6, 6.07) is 13.1. The molecule has 1 amide bonds. The molecule has 4 rings (SSSR count). The zero-order chi connectivity index (χ0) is 19.5. The Bertz CT molecular complexity index is 926. The Kier molecular flexibility index (Phi) is 5.45. The molecule has 0 saturated carbocycles. The predicted molar refractivity (Wildman–Crippen MR) is 110 cm³/mol. The topological polar surface area (TPSA) is 60.9 Å². The predicted octanol–water partition coefficient (Wildman–Crippen LogP) is 4.14. The molecular weight excluding hydrogens is 376 g/mol. The molecule has 1 aromatic heterocycles. The smallest absolute Gasteiger partial charge is 0.260 e. The second kappa shape index (κ2) is 8.16. The van der Waals surface area contributed by atoms with Gasteiger partial charge in [-0.3, -0.25) is 9.69 Å². The molecule has 28 heavy (non-hydrogen) atoms. The van der Waals surface area contributed by atoms with Gasteiger partial charge in [0.1, 0.15) is 11.5 Å². The third kappa shape index (κ3) is 3.81. The Morgan fingerprint density at radius 3 is 2.61 bits per heavy atom. The number of aromatic nitrogens is 1. The van der Waals surface area contributed by atoms with Gasteiger partial charge in [0.2, 0.25) is 0 Å². The number of carbonyl (C=O) groups is 1. The van der Waals surface area contributed by atoms with Gasteiger partial charge >= 0.3 is 0 Å². The van der Waals surface area contributed by atoms with Crippen LogP contribution in [0.15, 0.2) is 42.5 Å². The van der Waals surface area contributed by atoms with E-state index in [9.17, 15) is 4.79 Å². The SMILES string of the molecule is COc1cc(OC)cc(C(=O)N(C[C@H]2CCCO2)c2nc3ccccc3s2)c1. The summed E-state index contributed by atoms with van der Waals surface area (Å²) in [5.41, 5.74) is 1.38. The zero-order valence-corrected chi connectivity index (χ0v) is 16.7. The highest BCUT2D eigenvalue weighted by molar-refractivity contribution is 7.22. The number of rotatable bonds is 6. The number of ether oxygens (including phenoxy) is 3. The van der Waals surface area contributed by atoms with Gasteiger partial charge < -0.3 is 14.2 Å². The van der Waals surface area contributed by atoms with E-state index in [0.29, 0.717) is 28.7 Å². The van der Waals surface area contributed by atoms with Crippen LogP contribution in [0.5, 0.6) is 11.5 Å². The maximum Gasteiger partial charge on any atom is 0.260 e. The van der Waals surface area contributed by atoms with E-state index < -0.39 is 0 Å². The summed E-state index contributed by atoms with van der Waals surface area (Å²) in [6.45, 7) is 1.21. The number of hydrogen-bond donors (Lipinski definition) is 0. The minimum Gasteiger partial charge on any atom is -0.497 e. The molecule has 0 spiro atoms. The monoisotopic (exact) mass is 398 g/mol. The summed E-state index contributed by atoms with van der Waals surface area (Å²) in [4.78, 5) is 19.9. The number of para-hydroxylation sites is 1. The molecule has 1 aliphatic heterocycles. The van der Waals surface area contributed by atoms with E-state index in [4.69, 9.17) is 19.2 Å². The van der Waals surface area contributed by atoms with Crippen molar-refractivity contribution >= 4 is 32.6 Å². The first kappa shape index (κ1) is 18.7. The maximum absolute atomic E-state index is 13.5. The largest absolute Gasteiger partial charge is 0.497 e. The summed E-state index contributed by atoms with van der Waals surface area (Å²) >= 11 is 1.51. The van der Waals surface area contributed by atoms with Gasteiger partial charge in [-0.2, -0.15) is 0 Å². The molecular formula is C21H22N2O4S. The van der Waals surface area contributed by atoms with Gasteiger partial charge in [-0.05, 0) is 37.1 Å². The number of thiazole rings is 1. The molecule has 2 heterocycles. The van der Waals surface area contributed by atoms with E-state index in [0.717, 1.165) is 29.7 Å². The van der Waals surface area contributed by atoms with Crippen molar-refractivity contribution in [2.45, 2.75) is 18.9 Å². The van der Waals surface area contributed by atoms with Crippen LogP contribution in [0.4, 0.5) is 5.13 Å². The molecule has 7 heteroatoms. The van der Waals surface area contributed by atoms with Crippen molar-refractivity contribution in [1.29, 1.82) is 0 Å². The Balaban J connectivity index is 1.72. The highest BCUT2D eigenvalue weighted by Gasteiger charge is 2.27. The molecule has 1 saturated heterocycles. The molecule has 0 bridgehead atoms. The fraction of sp³-hybridized carbons (Fsp3) is 0.333. The van der Waals surface area contributed by atoms with Gasteiger partial charge in [0.05, 0.1) is 37.1 Å². The second-order valence-electron chi connectivity index (χ2n) is 6.62. The van der Waals surface area contributed by atoms with Gasteiger partial charge in [-0.1, -0.05) is 23.5 Å². The Morgan fingerprint density at radius 1 is 1.21 bits per heavy atom. The zero-order valence-electron chi connectivity index (χ0n) is 15.9. The first-order valence-electron chi connectivity index (χ1n) is 9.20. The van der Waals surface area contributed by atoms with Gasteiger partial charge in [-0.15, -0.1) is 0 Å². The van der Waals surface area contributed by atoms with Gasteiger partial charge in [-0.25, -0.2) is 4.98 Å². The molecule has 2 aromatic carbocycles. The van der Waals surface area contributed by atoms with Crippen LogP contribution in [0.1, 0.15) is 23.2 Å². The average Bonchev–Trinajstić information content (AvgIpc) is 3.40. The quantitative estimate of drug-likeness (QED) is 0.625. The molecule has 1 aliphatic rings. The lowest BCUT2D eigenvalue weighted by Crippen LogP contribution is -2.37. The van der Waals surface area contributed by atoms with E-state index in [-0.39, 0.29) is 12.0 Å². The summed E-state index contributed by atoms with van der Waals surface area (Å²) in [5.74, 6) is 1.000. The summed E-state index contributed by atoms with van der Waals surface area (Å²) in [6.07, 6.45) is 1.97. The van der Waals surface area contributed by atoms with Crippen molar-refractivity contribution in [3.8, 4) is 11.5 Å². The normalized spacial score (nSPS) is 16.3. The van der Waals surface area contributed by atoms with Crippen molar-refractivity contribution in [1.82, 2.24) is 4.98 Å². The van der Waals surface area contributed by atoms with Crippen LogP contribution in [0.25, 0.3) is 10.2 Å². The minimum absolute atomic E-state index is 0.0171. The molecule has 1 atom stereocenters. The van der Waals surface area contributed by atoms with Crippen LogP contribution in [0.2, 0.25) is 0 Å². The number of nitrogens with zero attached hydrogens (tertiary/aromatic N) is 2. The van der Waals surface area contributed by atoms with Crippen LogP contribution in [0, 0.1) is 0 Å². The van der Waals surface area contributed by atoms with E-state index >= 15 is 0 Å². The van der Waals surface area contributed by atoms with E-state index in [1.807, 2.05) is 24.3 Å². The molecule has 0 unspecified atom stereocenters. The van der Waals surface area contributed by atoms with E-state index in [1.165, 1.54) is 11.3 Å². The summed E-state index contributed by atoms with van der Waals surface area (Å²) in [7, 11) is 3.14. The van der Waals surface area contributed by atoms with Crippen molar-refractivity contribution in [3.63, 3.8) is 0 Å². The van der Waals surface area contributed by atoms with E-state index in [2.05, 4.69) is 0 Å². The Labute approximate surface area is 167 Å². The lowest BCUT2D eigenvalue weighted by Gasteiger charge is -2.23. The molecule has 146 valence electrons. The third-order valence-electron chi connectivity index (χ3n) is 4.77. The standard InChI is InChI=1S/C21H22N2O4S/c1-25-16-10-14(11-17(12-16)26-2)20(24)23(13-15-6-5-9-27-15)21-22-18-7-3-4-8-19(18)28-21/h3-4,7-8,10-12,15H,5-6,9,13H2,1-2H3/t15-/m1/s1. The molecule has 0 radical (unpaired) electrons. The fourth-order valence-electron chi connectivity index (χ4n) is 3.30. The Morgan fingerprint density at radius 2 is 1.96 bits per heavy atom. The van der Waals surface area contributed by atoms with Crippen LogP contribution in [-0.2, 0) is 4.74 Å². The fourth-order valence-corrected chi connectivity index (χ4v) is 4.28. The minimum atomic E-state index is -0.147. The van der Waals surface area contributed by atoms with E-state index in [1.54, 1.807) is 37.3 Å². The number of hydrogen-bond acceptors (Lipinski definition) is 6.